The second-order valence-electron chi connectivity index (χ2n) is 12.0. The van der Waals surface area contributed by atoms with Crippen LogP contribution in [0, 0.1) is 0 Å². The molecule has 0 spiro atoms. The van der Waals surface area contributed by atoms with Crippen molar-refractivity contribution in [3.05, 3.63) is 72.4 Å². The van der Waals surface area contributed by atoms with Crippen LogP contribution in [0.5, 0.6) is 0 Å². The standard InChI is InChI=1S/C24H25N3O2.C10H21NO/c1-16(28)27-22-12-20(17-6-4-3-5-7-17)21(13-26-22)18-8-10-19(11-9-18)24(25)14-23(2,29)15-24;1-11(8-9-12-2)10-6-4-3-5-7-10/h3-13,29H,14-15,25H2,1-2H3,(H,26,27,28);10H,3-9H2,1-2H3. The number of methoxy groups -OCH3 is 1. The number of benzene rings is 2. The van der Waals surface area contributed by atoms with Gasteiger partial charge in [-0.1, -0.05) is 73.9 Å². The minimum Gasteiger partial charge on any atom is -0.390 e. The zero-order valence-electron chi connectivity index (χ0n) is 25.0. The molecule has 0 saturated heterocycles. The number of nitrogens with zero attached hydrogens (tertiary/aromatic N) is 2. The summed E-state index contributed by atoms with van der Waals surface area (Å²) < 4.78 is 5.06. The van der Waals surface area contributed by atoms with Crippen LogP contribution < -0.4 is 11.1 Å². The number of rotatable bonds is 8. The van der Waals surface area contributed by atoms with Crippen molar-refractivity contribution >= 4 is 11.7 Å². The normalized spacial score (nSPS) is 22.4. The van der Waals surface area contributed by atoms with Crippen LogP contribution in [0.4, 0.5) is 5.82 Å². The molecule has 0 aliphatic heterocycles. The number of hydrogen-bond donors (Lipinski definition) is 3. The molecule has 0 atom stereocenters. The summed E-state index contributed by atoms with van der Waals surface area (Å²) in [6.45, 7) is 5.24. The predicted molar refractivity (Wildman–Crippen MR) is 167 cm³/mol. The van der Waals surface area contributed by atoms with Crippen molar-refractivity contribution in [3.63, 3.8) is 0 Å². The van der Waals surface area contributed by atoms with Crippen LogP contribution in [0.3, 0.4) is 0 Å². The Kier molecular flexibility index (Phi) is 10.3. The van der Waals surface area contributed by atoms with E-state index in [1.54, 1.807) is 13.3 Å². The van der Waals surface area contributed by atoms with Gasteiger partial charge in [-0.3, -0.25) is 4.79 Å². The number of carbonyl (C=O) groups excluding carboxylic acids is 1. The van der Waals surface area contributed by atoms with Gasteiger partial charge in [0.2, 0.25) is 5.91 Å². The van der Waals surface area contributed by atoms with E-state index in [0.29, 0.717) is 18.7 Å². The van der Waals surface area contributed by atoms with Crippen molar-refractivity contribution in [1.82, 2.24) is 9.88 Å². The average Bonchev–Trinajstić information content (AvgIpc) is 2.96. The topological polar surface area (TPSA) is 101 Å². The van der Waals surface area contributed by atoms with Crippen LogP contribution in [0.25, 0.3) is 22.3 Å². The third-order valence-electron chi connectivity index (χ3n) is 8.30. The van der Waals surface area contributed by atoms with Crippen LogP contribution >= 0.6 is 0 Å². The maximum absolute atomic E-state index is 11.4. The Morgan fingerprint density at radius 3 is 2.27 bits per heavy atom. The van der Waals surface area contributed by atoms with Crippen molar-refractivity contribution in [2.24, 2.45) is 5.73 Å². The molecule has 0 unspecified atom stereocenters. The molecule has 2 aliphatic rings. The van der Waals surface area contributed by atoms with Gasteiger partial charge in [-0.2, -0.15) is 0 Å². The van der Waals surface area contributed by atoms with E-state index in [1.165, 1.54) is 39.0 Å². The van der Waals surface area contributed by atoms with Gasteiger partial charge in [-0.15, -0.1) is 0 Å². The molecule has 5 rings (SSSR count). The second-order valence-corrected chi connectivity index (χ2v) is 12.0. The summed E-state index contributed by atoms with van der Waals surface area (Å²) in [5.74, 6) is 0.368. The fraction of sp³-hybridized carbons (Fsp3) is 0.471. The van der Waals surface area contributed by atoms with E-state index in [1.807, 2.05) is 67.6 Å². The Bertz CT molecular complexity index is 1260. The fourth-order valence-electron chi connectivity index (χ4n) is 6.22. The summed E-state index contributed by atoms with van der Waals surface area (Å²) >= 11 is 0. The molecule has 41 heavy (non-hydrogen) atoms. The molecule has 2 saturated carbocycles. The van der Waals surface area contributed by atoms with Gasteiger partial charge in [-0.05, 0) is 68.0 Å². The number of likely N-dealkylation sites (N-methyl/N-ethyl adjacent to an activating group) is 1. The van der Waals surface area contributed by atoms with Crippen molar-refractivity contribution < 1.29 is 14.6 Å². The van der Waals surface area contributed by atoms with Gasteiger partial charge in [-0.25, -0.2) is 4.98 Å². The summed E-state index contributed by atoms with van der Waals surface area (Å²) in [5.41, 5.74) is 10.4. The Hall–Kier alpha value is -3.10. The highest BCUT2D eigenvalue weighted by molar-refractivity contribution is 5.90. The van der Waals surface area contributed by atoms with Crippen molar-refractivity contribution in [2.75, 3.05) is 32.6 Å². The number of anilines is 1. The molecule has 4 N–H and O–H groups in total. The van der Waals surface area contributed by atoms with E-state index < -0.39 is 11.1 Å². The molecule has 0 bridgehead atoms. The van der Waals surface area contributed by atoms with E-state index in [-0.39, 0.29) is 5.91 Å². The molecule has 7 heteroatoms. The first-order valence-electron chi connectivity index (χ1n) is 14.7. The first-order chi connectivity index (χ1) is 19.6. The minimum absolute atomic E-state index is 0.154. The highest BCUT2D eigenvalue weighted by Crippen LogP contribution is 2.46. The maximum atomic E-state index is 11.4. The van der Waals surface area contributed by atoms with E-state index in [4.69, 9.17) is 10.5 Å². The third kappa shape index (κ3) is 8.23. The van der Waals surface area contributed by atoms with Crippen LogP contribution in [0.15, 0.2) is 66.9 Å². The monoisotopic (exact) mass is 558 g/mol. The largest absolute Gasteiger partial charge is 0.390 e. The smallest absolute Gasteiger partial charge is 0.222 e. The number of amides is 1. The van der Waals surface area contributed by atoms with Crippen LogP contribution in [-0.2, 0) is 15.1 Å². The maximum Gasteiger partial charge on any atom is 0.222 e. The van der Waals surface area contributed by atoms with Gasteiger partial charge in [0.15, 0.2) is 0 Å². The number of ether oxygens (including phenoxy) is 1. The Labute approximate surface area is 245 Å². The highest BCUT2D eigenvalue weighted by Gasteiger charge is 2.49. The Balaban J connectivity index is 0.000000271. The number of aliphatic hydroxyl groups is 1. The van der Waals surface area contributed by atoms with Crippen LogP contribution in [0.2, 0.25) is 0 Å². The Morgan fingerprint density at radius 2 is 1.68 bits per heavy atom. The molecule has 2 aliphatic carbocycles. The lowest BCUT2D eigenvalue weighted by Gasteiger charge is -2.49. The quantitative estimate of drug-likeness (QED) is 0.315. The van der Waals surface area contributed by atoms with Gasteiger partial charge in [0.05, 0.1) is 12.2 Å². The van der Waals surface area contributed by atoms with Crippen molar-refractivity contribution in [1.29, 1.82) is 0 Å². The molecule has 1 heterocycles. The van der Waals surface area contributed by atoms with Gasteiger partial charge in [0, 0.05) is 43.9 Å². The van der Waals surface area contributed by atoms with Gasteiger partial charge in [0.1, 0.15) is 5.82 Å². The summed E-state index contributed by atoms with van der Waals surface area (Å²) in [5, 5.41) is 12.8. The summed E-state index contributed by atoms with van der Waals surface area (Å²) in [4.78, 5) is 18.3. The molecule has 2 aromatic carbocycles. The Morgan fingerprint density at radius 1 is 1.05 bits per heavy atom. The van der Waals surface area contributed by atoms with Gasteiger partial charge >= 0.3 is 0 Å². The molecule has 2 fully saturated rings. The number of carbonyl (C=O) groups is 1. The van der Waals surface area contributed by atoms with Crippen molar-refractivity contribution in [3.8, 4) is 22.3 Å². The second kappa shape index (κ2) is 13.7. The van der Waals surface area contributed by atoms with E-state index in [2.05, 4.69) is 22.2 Å². The minimum atomic E-state index is -0.683. The number of nitrogens with two attached hydrogens (primary N) is 1. The van der Waals surface area contributed by atoms with E-state index in [0.717, 1.165) is 47.0 Å². The molecule has 7 nitrogen and oxygen atoms in total. The third-order valence-corrected chi connectivity index (χ3v) is 8.30. The number of nitrogens with one attached hydrogen (secondary N) is 1. The molecular formula is C34H46N4O3. The first-order valence-corrected chi connectivity index (χ1v) is 14.7. The highest BCUT2D eigenvalue weighted by atomic mass is 16.5. The lowest BCUT2D eigenvalue weighted by atomic mass is 9.63. The SMILES string of the molecule is CC(=O)Nc1cc(-c2ccccc2)c(-c2ccc(C3(N)CC(C)(O)C3)cc2)cn1.COCCN(C)C1CCCCC1. The molecule has 3 aromatic rings. The average molecular weight is 559 g/mol. The van der Waals surface area contributed by atoms with Crippen LogP contribution in [0.1, 0.15) is 64.4 Å². The molecule has 220 valence electrons. The zero-order chi connectivity index (χ0) is 29.5. The summed E-state index contributed by atoms with van der Waals surface area (Å²) in [6, 6.07) is 20.9. The molecule has 0 radical (unpaired) electrons. The molecule has 1 aromatic heterocycles. The lowest BCUT2D eigenvalue weighted by molar-refractivity contribution is -0.114. The predicted octanol–water partition coefficient (Wildman–Crippen LogP) is 5.97. The van der Waals surface area contributed by atoms with E-state index >= 15 is 0 Å². The zero-order valence-corrected chi connectivity index (χ0v) is 25.0. The summed E-state index contributed by atoms with van der Waals surface area (Å²) in [6.07, 6.45) is 9.96. The summed E-state index contributed by atoms with van der Waals surface area (Å²) in [7, 11) is 3.99. The molecule has 1 amide bonds. The number of hydrogen-bond acceptors (Lipinski definition) is 6. The lowest BCUT2D eigenvalue weighted by Crippen LogP contribution is -2.58. The van der Waals surface area contributed by atoms with E-state index in [9.17, 15) is 9.90 Å². The van der Waals surface area contributed by atoms with Crippen LogP contribution in [-0.4, -0.2) is 59.8 Å². The number of pyridine rings is 1. The van der Waals surface area contributed by atoms with Crippen molar-refractivity contribution in [2.45, 2.75) is 76.0 Å². The fourth-order valence-corrected chi connectivity index (χ4v) is 6.22. The van der Waals surface area contributed by atoms with Gasteiger partial charge < -0.3 is 25.8 Å². The van der Waals surface area contributed by atoms with Gasteiger partial charge in [0.25, 0.3) is 0 Å². The first kappa shape index (κ1) is 30.8. The number of aromatic nitrogens is 1. The molecular weight excluding hydrogens is 512 g/mol.